The van der Waals surface area contributed by atoms with E-state index in [9.17, 15) is 0 Å². The highest BCUT2D eigenvalue weighted by molar-refractivity contribution is 5.17. The van der Waals surface area contributed by atoms with Crippen molar-refractivity contribution in [3.8, 4) is 0 Å². The van der Waals surface area contributed by atoms with E-state index in [0.717, 1.165) is 32.3 Å². The Morgan fingerprint density at radius 2 is 1.68 bits per heavy atom. The fourth-order valence-corrected chi connectivity index (χ4v) is 6.13. The second-order valence-corrected chi connectivity index (χ2v) is 11.3. The van der Waals surface area contributed by atoms with Gasteiger partial charge in [-0.05, 0) is 45.6 Å². The lowest BCUT2D eigenvalue weighted by Crippen LogP contribution is -2.71. The van der Waals surface area contributed by atoms with E-state index in [1.54, 1.807) is 0 Å². The van der Waals surface area contributed by atoms with E-state index in [1.807, 2.05) is 0 Å². The van der Waals surface area contributed by atoms with Crippen LogP contribution in [-0.2, 0) is 14.3 Å². The maximum Gasteiger partial charge on any atom is 0.175 e. The molecule has 0 bridgehead atoms. The van der Waals surface area contributed by atoms with Crippen molar-refractivity contribution in [2.75, 3.05) is 6.61 Å². The fraction of sp³-hybridized carbons (Fsp3) is 0.800. The average Bonchev–Trinajstić information content (AvgIpc) is 3.26. The predicted octanol–water partition coefficient (Wildman–Crippen LogP) is 8.22. The summed E-state index contributed by atoms with van der Waals surface area (Å²) in [6, 6.07) is 10.5. The summed E-state index contributed by atoms with van der Waals surface area (Å²) in [5, 5.41) is 2.33. The zero-order valence-corrected chi connectivity index (χ0v) is 23.1. The lowest BCUT2D eigenvalue weighted by atomic mass is 9.67. The number of unbranched alkanes of at least 4 members (excludes halogenated alkanes) is 5. The van der Waals surface area contributed by atoms with Crippen molar-refractivity contribution in [3.63, 3.8) is 0 Å². The summed E-state index contributed by atoms with van der Waals surface area (Å²) in [7, 11) is 0. The van der Waals surface area contributed by atoms with Crippen molar-refractivity contribution in [2.24, 2.45) is 5.92 Å². The van der Waals surface area contributed by atoms with Gasteiger partial charge in [-0.25, -0.2) is 0 Å². The molecule has 1 spiro atoms. The third-order valence-corrected chi connectivity index (χ3v) is 8.94. The molecule has 0 amide bonds. The molecule has 34 heavy (non-hydrogen) atoms. The molecule has 2 fully saturated rings. The number of ether oxygens (including phenoxy) is 2. The van der Waals surface area contributed by atoms with Crippen LogP contribution in [0.3, 0.4) is 0 Å². The first kappa shape index (κ1) is 27.6. The van der Waals surface area contributed by atoms with Gasteiger partial charge in [0.25, 0.3) is 0 Å². The van der Waals surface area contributed by atoms with Crippen molar-refractivity contribution >= 4 is 0 Å². The van der Waals surface area contributed by atoms with Gasteiger partial charge in [-0.1, -0.05) is 96.6 Å². The standard InChI is InChI=1S/C30H51NO3/c1-8-11-12-13-14-18-21-27-22-32-30(33-27)23-28(6,9-2)31(29(7,10-3)25(30)5)34-24(4)26-19-16-15-17-20-26/h15-17,19-20,24-25,27H,8-14,18,21-23H2,1-7H3. The van der Waals surface area contributed by atoms with Crippen molar-refractivity contribution in [2.45, 2.75) is 142 Å². The van der Waals surface area contributed by atoms with Gasteiger partial charge in [0.15, 0.2) is 5.79 Å². The van der Waals surface area contributed by atoms with E-state index in [4.69, 9.17) is 14.3 Å². The van der Waals surface area contributed by atoms with E-state index in [1.165, 1.54) is 44.1 Å². The van der Waals surface area contributed by atoms with Crippen molar-refractivity contribution in [1.29, 1.82) is 0 Å². The van der Waals surface area contributed by atoms with Gasteiger partial charge in [0, 0.05) is 17.9 Å². The first-order valence-corrected chi connectivity index (χ1v) is 14.1. The van der Waals surface area contributed by atoms with Crippen LogP contribution in [0.5, 0.6) is 0 Å². The maximum absolute atomic E-state index is 6.86. The second-order valence-electron chi connectivity index (χ2n) is 11.3. The van der Waals surface area contributed by atoms with Gasteiger partial charge in [0.1, 0.15) is 6.10 Å². The van der Waals surface area contributed by atoms with Crippen molar-refractivity contribution < 1.29 is 14.3 Å². The summed E-state index contributed by atoms with van der Waals surface area (Å²) in [5.74, 6) is -0.333. The zero-order valence-electron chi connectivity index (χ0n) is 23.1. The monoisotopic (exact) mass is 473 g/mol. The topological polar surface area (TPSA) is 30.9 Å². The Balaban J connectivity index is 1.73. The SMILES string of the molecule is CCCCCCCCC1COC2(CC(C)(CC)N(OC(C)c3ccccc3)C(C)(CC)C2C)O1. The van der Waals surface area contributed by atoms with Gasteiger partial charge < -0.3 is 9.47 Å². The van der Waals surface area contributed by atoms with Crippen LogP contribution in [0, 0.1) is 5.92 Å². The van der Waals surface area contributed by atoms with Crippen LogP contribution in [0.4, 0.5) is 0 Å². The summed E-state index contributed by atoms with van der Waals surface area (Å²) in [5.41, 5.74) is 0.843. The normalized spacial score (nSPS) is 35.1. The van der Waals surface area contributed by atoms with Gasteiger partial charge in [-0.15, -0.1) is 0 Å². The molecule has 1 aromatic rings. The highest BCUT2D eigenvalue weighted by atomic mass is 16.8. The van der Waals surface area contributed by atoms with Crippen LogP contribution >= 0.6 is 0 Å². The molecule has 2 saturated heterocycles. The van der Waals surface area contributed by atoms with Crippen LogP contribution in [0.25, 0.3) is 0 Å². The van der Waals surface area contributed by atoms with E-state index in [0.29, 0.717) is 0 Å². The molecule has 1 aromatic carbocycles. The Morgan fingerprint density at radius 3 is 2.32 bits per heavy atom. The van der Waals surface area contributed by atoms with E-state index >= 15 is 0 Å². The molecule has 6 unspecified atom stereocenters. The minimum Gasteiger partial charge on any atom is -0.347 e. The molecule has 2 heterocycles. The largest absolute Gasteiger partial charge is 0.347 e. The molecule has 6 atom stereocenters. The Labute approximate surface area is 209 Å². The van der Waals surface area contributed by atoms with Crippen molar-refractivity contribution in [1.82, 2.24) is 5.06 Å². The molecular formula is C30H51NO3. The highest BCUT2D eigenvalue weighted by Crippen LogP contribution is 2.55. The number of hydrogen-bond acceptors (Lipinski definition) is 4. The van der Waals surface area contributed by atoms with Gasteiger partial charge in [0.05, 0.1) is 18.2 Å². The lowest BCUT2D eigenvalue weighted by molar-refractivity contribution is -0.380. The zero-order chi connectivity index (χ0) is 24.8. The Hall–Kier alpha value is -0.940. The number of piperidine rings is 1. The molecular weight excluding hydrogens is 422 g/mol. The first-order chi connectivity index (χ1) is 16.2. The van der Waals surface area contributed by atoms with Gasteiger partial charge in [-0.2, -0.15) is 5.06 Å². The molecule has 0 saturated carbocycles. The fourth-order valence-electron chi connectivity index (χ4n) is 6.13. The van der Waals surface area contributed by atoms with E-state index in [2.05, 4.69) is 83.9 Å². The number of hydroxylamine groups is 2. The minimum absolute atomic E-state index is 0.00919. The number of rotatable bonds is 12. The van der Waals surface area contributed by atoms with Crippen molar-refractivity contribution in [3.05, 3.63) is 35.9 Å². The van der Waals surface area contributed by atoms with Gasteiger partial charge in [-0.3, -0.25) is 4.84 Å². The van der Waals surface area contributed by atoms with E-state index < -0.39 is 5.79 Å². The summed E-state index contributed by atoms with van der Waals surface area (Å²) >= 11 is 0. The maximum atomic E-state index is 6.86. The minimum atomic E-state index is -0.530. The summed E-state index contributed by atoms with van der Waals surface area (Å²) in [6.07, 6.45) is 12.0. The van der Waals surface area contributed by atoms with Crippen LogP contribution < -0.4 is 0 Å². The average molecular weight is 474 g/mol. The van der Waals surface area contributed by atoms with Gasteiger partial charge >= 0.3 is 0 Å². The van der Waals surface area contributed by atoms with E-state index in [-0.39, 0.29) is 29.2 Å². The Kier molecular flexibility index (Phi) is 9.65. The molecule has 194 valence electrons. The number of benzene rings is 1. The van der Waals surface area contributed by atoms with Crippen LogP contribution in [-0.4, -0.2) is 34.6 Å². The second kappa shape index (κ2) is 11.9. The molecule has 0 aromatic heterocycles. The lowest BCUT2D eigenvalue weighted by Gasteiger charge is -2.62. The molecule has 0 N–H and O–H groups in total. The summed E-state index contributed by atoms with van der Waals surface area (Å²) < 4.78 is 13.5. The quantitative estimate of drug-likeness (QED) is 0.286. The third kappa shape index (κ3) is 5.72. The van der Waals surface area contributed by atoms with Crippen LogP contribution in [0.15, 0.2) is 30.3 Å². The van der Waals surface area contributed by atoms with Crippen LogP contribution in [0.1, 0.15) is 124 Å². The molecule has 2 aliphatic rings. The summed E-state index contributed by atoms with van der Waals surface area (Å²) in [4.78, 5) is 6.82. The first-order valence-electron chi connectivity index (χ1n) is 14.1. The Bertz CT molecular complexity index is 742. The predicted molar refractivity (Wildman–Crippen MR) is 141 cm³/mol. The molecule has 3 rings (SSSR count). The molecule has 2 aliphatic heterocycles. The molecule has 4 heteroatoms. The highest BCUT2D eigenvalue weighted by Gasteiger charge is 2.64. The molecule has 0 aliphatic carbocycles. The molecule has 4 nitrogen and oxygen atoms in total. The molecule has 0 radical (unpaired) electrons. The van der Waals surface area contributed by atoms with Crippen LogP contribution in [0.2, 0.25) is 0 Å². The Morgan fingerprint density at radius 1 is 1.00 bits per heavy atom. The van der Waals surface area contributed by atoms with Gasteiger partial charge in [0.2, 0.25) is 0 Å². The summed E-state index contributed by atoms with van der Waals surface area (Å²) in [6.45, 7) is 16.7. The number of nitrogens with zero attached hydrogens (tertiary/aromatic N) is 1. The third-order valence-electron chi connectivity index (χ3n) is 8.94. The number of hydrogen-bond donors (Lipinski definition) is 0. The smallest absolute Gasteiger partial charge is 0.175 e.